The molecule has 0 aromatic heterocycles. The summed E-state index contributed by atoms with van der Waals surface area (Å²) in [5.41, 5.74) is 0. The van der Waals surface area contributed by atoms with Crippen LogP contribution in [0.4, 0.5) is 0 Å². The number of carbonyl (C=O) groups is 3. The number of amides is 1. The minimum absolute atomic E-state index is 0.0371. The van der Waals surface area contributed by atoms with E-state index in [1.807, 2.05) is 0 Å². The van der Waals surface area contributed by atoms with Gasteiger partial charge in [0.1, 0.15) is 6.04 Å². The van der Waals surface area contributed by atoms with Crippen LogP contribution in [-0.4, -0.2) is 43.9 Å². The van der Waals surface area contributed by atoms with E-state index < -0.39 is 23.9 Å². The van der Waals surface area contributed by atoms with Crippen molar-refractivity contribution in [1.82, 2.24) is 5.32 Å². The van der Waals surface area contributed by atoms with Gasteiger partial charge in [0.15, 0.2) is 0 Å². The van der Waals surface area contributed by atoms with E-state index in [1.54, 1.807) is 0 Å². The SMILES string of the molecule is COC(=O)C(=O)N[C@@H](CS)C(=O)OC. The third kappa shape index (κ3) is 3.65. The lowest BCUT2D eigenvalue weighted by atomic mass is 10.3. The van der Waals surface area contributed by atoms with Gasteiger partial charge in [0.05, 0.1) is 14.2 Å². The van der Waals surface area contributed by atoms with Crippen LogP contribution in [0.1, 0.15) is 0 Å². The lowest BCUT2D eigenvalue weighted by Gasteiger charge is -2.12. The van der Waals surface area contributed by atoms with Crippen molar-refractivity contribution in [2.45, 2.75) is 6.04 Å². The van der Waals surface area contributed by atoms with Crippen LogP contribution in [0.3, 0.4) is 0 Å². The highest BCUT2D eigenvalue weighted by atomic mass is 32.1. The van der Waals surface area contributed by atoms with Crippen molar-refractivity contribution in [2.75, 3.05) is 20.0 Å². The molecule has 1 atom stereocenters. The van der Waals surface area contributed by atoms with E-state index in [9.17, 15) is 14.4 Å². The summed E-state index contributed by atoms with van der Waals surface area (Å²) in [4.78, 5) is 32.6. The Bertz CT molecular complexity index is 242. The number of hydrogen-bond donors (Lipinski definition) is 2. The summed E-state index contributed by atoms with van der Waals surface area (Å²) < 4.78 is 8.51. The van der Waals surface area contributed by atoms with Gasteiger partial charge in [-0.3, -0.25) is 4.79 Å². The molecular formula is C7H11NO5S. The molecule has 0 fully saturated rings. The van der Waals surface area contributed by atoms with Crippen LogP contribution in [-0.2, 0) is 23.9 Å². The first-order chi connectivity index (χ1) is 6.56. The van der Waals surface area contributed by atoms with E-state index in [4.69, 9.17) is 0 Å². The summed E-state index contributed by atoms with van der Waals surface area (Å²) in [5.74, 6) is -2.70. The summed E-state index contributed by atoms with van der Waals surface area (Å²) in [7, 11) is 2.23. The number of esters is 2. The largest absolute Gasteiger partial charge is 0.467 e. The van der Waals surface area contributed by atoms with Crippen molar-refractivity contribution < 1.29 is 23.9 Å². The molecule has 0 aromatic carbocycles. The topological polar surface area (TPSA) is 81.7 Å². The van der Waals surface area contributed by atoms with Gasteiger partial charge in [0.25, 0.3) is 0 Å². The monoisotopic (exact) mass is 221 g/mol. The molecular weight excluding hydrogens is 210 g/mol. The Morgan fingerprint density at radius 3 is 2.21 bits per heavy atom. The molecule has 6 nitrogen and oxygen atoms in total. The van der Waals surface area contributed by atoms with Gasteiger partial charge in [-0.15, -0.1) is 0 Å². The predicted octanol–water partition coefficient (Wildman–Crippen LogP) is -1.25. The van der Waals surface area contributed by atoms with Crippen molar-refractivity contribution in [3.63, 3.8) is 0 Å². The number of nitrogens with one attached hydrogen (secondary N) is 1. The molecule has 0 radical (unpaired) electrons. The van der Waals surface area contributed by atoms with E-state index in [-0.39, 0.29) is 5.75 Å². The van der Waals surface area contributed by atoms with Crippen LogP contribution >= 0.6 is 12.6 Å². The highest BCUT2D eigenvalue weighted by Gasteiger charge is 2.23. The third-order valence-corrected chi connectivity index (χ3v) is 1.71. The highest BCUT2D eigenvalue weighted by molar-refractivity contribution is 7.80. The van der Waals surface area contributed by atoms with E-state index in [2.05, 4.69) is 27.4 Å². The maximum Gasteiger partial charge on any atom is 0.396 e. The van der Waals surface area contributed by atoms with Gasteiger partial charge in [-0.25, -0.2) is 9.59 Å². The fourth-order valence-corrected chi connectivity index (χ4v) is 0.872. The number of ether oxygens (including phenoxy) is 2. The Morgan fingerprint density at radius 1 is 1.29 bits per heavy atom. The fraction of sp³-hybridized carbons (Fsp3) is 0.571. The van der Waals surface area contributed by atoms with Gasteiger partial charge >= 0.3 is 17.8 Å². The first kappa shape index (κ1) is 12.8. The van der Waals surface area contributed by atoms with E-state index in [0.717, 1.165) is 7.11 Å². The number of methoxy groups -OCH3 is 2. The van der Waals surface area contributed by atoms with Crippen molar-refractivity contribution in [2.24, 2.45) is 0 Å². The fourth-order valence-electron chi connectivity index (χ4n) is 0.631. The molecule has 0 aliphatic rings. The van der Waals surface area contributed by atoms with Crippen molar-refractivity contribution in [3.05, 3.63) is 0 Å². The molecule has 0 rings (SSSR count). The molecule has 0 spiro atoms. The Labute approximate surface area is 86.3 Å². The second kappa shape index (κ2) is 6.25. The second-order valence-corrected chi connectivity index (χ2v) is 2.59. The quantitative estimate of drug-likeness (QED) is 0.353. The summed E-state index contributed by atoms with van der Waals surface area (Å²) >= 11 is 3.81. The van der Waals surface area contributed by atoms with Crippen molar-refractivity contribution >= 4 is 30.5 Å². The molecule has 0 unspecified atom stereocenters. The van der Waals surface area contributed by atoms with E-state index in [0.29, 0.717) is 0 Å². The number of thiol groups is 1. The number of rotatable bonds is 3. The maximum atomic E-state index is 11.0. The predicted molar refractivity (Wildman–Crippen MR) is 49.8 cm³/mol. The Kier molecular flexibility index (Phi) is 5.70. The number of hydrogen-bond acceptors (Lipinski definition) is 6. The molecule has 14 heavy (non-hydrogen) atoms. The molecule has 0 aliphatic carbocycles. The smallest absolute Gasteiger partial charge is 0.396 e. The minimum atomic E-state index is -1.07. The first-order valence-corrected chi connectivity index (χ1v) is 4.27. The molecule has 1 amide bonds. The van der Waals surface area contributed by atoms with Crippen LogP contribution < -0.4 is 5.32 Å². The molecule has 1 N–H and O–H groups in total. The van der Waals surface area contributed by atoms with Crippen LogP contribution in [0.25, 0.3) is 0 Å². The van der Waals surface area contributed by atoms with Gasteiger partial charge in [0.2, 0.25) is 0 Å². The molecule has 0 saturated heterocycles. The Hall–Kier alpha value is -1.24. The molecule has 0 heterocycles. The molecule has 0 aliphatic heterocycles. The second-order valence-electron chi connectivity index (χ2n) is 2.22. The normalized spacial score (nSPS) is 11.4. The zero-order chi connectivity index (χ0) is 11.1. The highest BCUT2D eigenvalue weighted by Crippen LogP contribution is 1.91. The average Bonchev–Trinajstić information content (AvgIpc) is 2.22. The first-order valence-electron chi connectivity index (χ1n) is 3.64. The van der Waals surface area contributed by atoms with Crippen LogP contribution in [0.5, 0.6) is 0 Å². The van der Waals surface area contributed by atoms with Gasteiger partial charge in [-0.05, 0) is 0 Å². The number of carbonyl (C=O) groups excluding carboxylic acids is 3. The molecule has 0 bridgehead atoms. The van der Waals surface area contributed by atoms with E-state index >= 15 is 0 Å². The molecule has 0 saturated carbocycles. The zero-order valence-electron chi connectivity index (χ0n) is 7.77. The summed E-state index contributed by atoms with van der Waals surface area (Å²) in [6.45, 7) is 0. The summed E-state index contributed by atoms with van der Waals surface area (Å²) in [6, 6.07) is -0.949. The lowest BCUT2D eigenvalue weighted by Crippen LogP contribution is -2.46. The molecule has 7 heteroatoms. The molecule has 0 aromatic rings. The standard InChI is InChI=1S/C7H11NO5S/c1-12-6(10)4(3-14)8-5(9)7(11)13-2/h4,14H,3H2,1-2H3,(H,8,9)/t4-/m0/s1. The van der Waals surface area contributed by atoms with Gasteiger partial charge in [-0.2, -0.15) is 12.6 Å². The van der Waals surface area contributed by atoms with Gasteiger partial charge < -0.3 is 14.8 Å². The Morgan fingerprint density at radius 2 is 1.86 bits per heavy atom. The van der Waals surface area contributed by atoms with Crippen molar-refractivity contribution in [3.8, 4) is 0 Å². The lowest BCUT2D eigenvalue weighted by molar-refractivity contribution is -0.154. The maximum absolute atomic E-state index is 11.0. The van der Waals surface area contributed by atoms with E-state index in [1.165, 1.54) is 7.11 Å². The van der Waals surface area contributed by atoms with Crippen LogP contribution in [0.2, 0.25) is 0 Å². The van der Waals surface area contributed by atoms with Crippen molar-refractivity contribution in [1.29, 1.82) is 0 Å². The van der Waals surface area contributed by atoms with Gasteiger partial charge in [-0.1, -0.05) is 0 Å². The molecule has 80 valence electrons. The zero-order valence-corrected chi connectivity index (χ0v) is 8.67. The van der Waals surface area contributed by atoms with Gasteiger partial charge in [0, 0.05) is 5.75 Å². The Balaban J connectivity index is 4.25. The summed E-state index contributed by atoms with van der Waals surface area (Å²) in [5, 5.41) is 2.10. The average molecular weight is 221 g/mol. The minimum Gasteiger partial charge on any atom is -0.467 e. The summed E-state index contributed by atoms with van der Waals surface area (Å²) in [6.07, 6.45) is 0. The van der Waals surface area contributed by atoms with Crippen LogP contribution in [0, 0.1) is 0 Å². The van der Waals surface area contributed by atoms with Crippen LogP contribution in [0.15, 0.2) is 0 Å². The third-order valence-electron chi connectivity index (χ3n) is 1.34.